The Morgan fingerprint density at radius 1 is 1.45 bits per heavy atom. The first-order valence-corrected chi connectivity index (χ1v) is 7.81. The maximum Gasteiger partial charge on any atom is 0.304 e. The molecule has 0 radical (unpaired) electrons. The van der Waals surface area contributed by atoms with Gasteiger partial charge in [-0.1, -0.05) is 19.1 Å². The number of carboxylic acid groups (broad SMARTS) is 1. The van der Waals surface area contributed by atoms with E-state index in [4.69, 9.17) is 9.52 Å². The summed E-state index contributed by atoms with van der Waals surface area (Å²) in [4.78, 5) is 10.6. The number of carbonyl (C=O) groups is 1. The predicted octanol–water partition coefficient (Wildman–Crippen LogP) is 3.60. The molecule has 0 spiro atoms. The minimum atomic E-state index is -0.801. The molecule has 0 fully saturated rings. The SMILES string of the molecule is CC(CC(=O)O)SCc1nnc(-c2ccccc2Br)o1. The van der Waals surface area contributed by atoms with Crippen LogP contribution in [-0.2, 0) is 10.5 Å². The fraction of sp³-hybridized carbons (Fsp3) is 0.308. The fourth-order valence-electron chi connectivity index (χ4n) is 1.57. The molecule has 7 heteroatoms. The van der Waals surface area contributed by atoms with Crippen molar-refractivity contribution < 1.29 is 14.3 Å². The molecule has 0 bridgehead atoms. The van der Waals surface area contributed by atoms with Crippen LogP contribution < -0.4 is 0 Å². The number of nitrogens with zero attached hydrogens (tertiary/aromatic N) is 2. The van der Waals surface area contributed by atoms with E-state index < -0.39 is 5.97 Å². The highest BCUT2D eigenvalue weighted by atomic mass is 79.9. The van der Waals surface area contributed by atoms with Crippen LogP contribution in [0.15, 0.2) is 33.2 Å². The molecular formula is C13H13BrN2O3S. The lowest BCUT2D eigenvalue weighted by Gasteiger charge is -2.05. The monoisotopic (exact) mass is 356 g/mol. The smallest absolute Gasteiger partial charge is 0.304 e. The Hall–Kier alpha value is -1.34. The first-order chi connectivity index (χ1) is 9.56. The minimum Gasteiger partial charge on any atom is -0.481 e. The molecule has 0 saturated carbocycles. The molecular weight excluding hydrogens is 344 g/mol. The lowest BCUT2D eigenvalue weighted by molar-refractivity contribution is -0.136. The molecule has 1 aromatic carbocycles. The molecule has 1 unspecified atom stereocenters. The Balaban J connectivity index is 1.99. The summed E-state index contributed by atoms with van der Waals surface area (Å²) in [5, 5.41) is 16.7. The zero-order chi connectivity index (χ0) is 14.5. The highest BCUT2D eigenvalue weighted by Crippen LogP contribution is 2.28. The average molecular weight is 357 g/mol. The molecule has 106 valence electrons. The van der Waals surface area contributed by atoms with E-state index >= 15 is 0 Å². The van der Waals surface area contributed by atoms with Crippen LogP contribution in [0.4, 0.5) is 0 Å². The van der Waals surface area contributed by atoms with Crippen LogP contribution in [0.3, 0.4) is 0 Å². The van der Waals surface area contributed by atoms with Crippen molar-refractivity contribution in [3.05, 3.63) is 34.6 Å². The molecule has 0 aliphatic heterocycles. The van der Waals surface area contributed by atoms with Crippen molar-refractivity contribution in [2.75, 3.05) is 0 Å². The molecule has 1 aromatic heterocycles. The molecule has 0 saturated heterocycles. The van der Waals surface area contributed by atoms with Gasteiger partial charge >= 0.3 is 5.97 Å². The second-order valence-corrected chi connectivity index (χ2v) is 6.48. The van der Waals surface area contributed by atoms with Gasteiger partial charge in [-0.15, -0.1) is 22.0 Å². The summed E-state index contributed by atoms with van der Waals surface area (Å²) < 4.78 is 6.48. The standard InChI is InChI=1S/C13H13BrN2O3S/c1-8(6-12(17)18)20-7-11-15-16-13(19-11)9-4-2-3-5-10(9)14/h2-5,8H,6-7H2,1H3,(H,17,18). The third-order valence-electron chi connectivity index (χ3n) is 2.52. The number of hydrogen-bond donors (Lipinski definition) is 1. The summed E-state index contributed by atoms with van der Waals surface area (Å²) in [5.74, 6) is 0.660. The van der Waals surface area contributed by atoms with Crippen LogP contribution in [0.25, 0.3) is 11.5 Å². The topological polar surface area (TPSA) is 76.2 Å². The zero-order valence-corrected chi connectivity index (χ0v) is 13.1. The number of thioether (sulfide) groups is 1. The highest BCUT2D eigenvalue weighted by molar-refractivity contribution is 9.10. The van der Waals surface area contributed by atoms with Gasteiger partial charge in [0.25, 0.3) is 0 Å². The Bertz CT molecular complexity index is 603. The van der Waals surface area contributed by atoms with Crippen LogP contribution in [0.1, 0.15) is 19.2 Å². The molecule has 0 aliphatic rings. The Labute approximate surface area is 128 Å². The lowest BCUT2D eigenvalue weighted by Crippen LogP contribution is -2.05. The lowest BCUT2D eigenvalue weighted by atomic mass is 10.2. The van der Waals surface area contributed by atoms with Crippen molar-refractivity contribution in [3.63, 3.8) is 0 Å². The first-order valence-electron chi connectivity index (χ1n) is 5.97. The van der Waals surface area contributed by atoms with Crippen LogP contribution >= 0.6 is 27.7 Å². The van der Waals surface area contributed by atoms with Gasteiger partial charge in [-0.25, -0.2) is 0 Å². The summed E-state index contributed by atoms with van der Waals surface area (Å²) in [5.41, 5.74) is 0.842. The summed E-state index contributed by atoms with van der Waals surface area (Å²) in [6.45, 7) is 1.86. The van der Waals surface area contributed by atoms with E-state index in [1.807, 2.05) is 31.2 Å². The first kappa shape index (κ1) is 15.1. The van der Waals surface area contributed by atoms with Crippen molar-refractivity contribution in [1.29, 1.82) is 0 Å². The van der Waals surface area contributed by atoms with Gasteiger partial charge in [0.05, 0.1) is 17.7 Å². The Morgan fingerprint density at radius 2 is 2.20 bits per heavy atom. The van der Waals surface area contributed by atoms with Crippen molar-refractivity contribution in [3.8, 4) is 11.5 Å². The van der Waals surface area contributed by atoms with Gasteiger partial charge in [0.15, 0.2) is 0 Å². The third kappa shape index (κ3) is 4.08. The summed E-state index contributed by atoms with van der Waals surface area (Å²) >= 11 is 4.92. The zero-order valence-electron chi connectivity index (χ0n) is 10.7. The molecule has 0 amide bonds. The van der Waals surface area contributed by atoms with E-state index in [0.717, 1.165) is 10.0 Å². The van der Waals surface area contributed by atoms with Gasteiger partial charge in [0, 0.05) is 9.72 Å². The fourth-order valence-corrected chi connectivity index (χ4v) is 2.83. The molecule has 5 nitrogen and oxygen atoms in total. The van der Waals surface area contributed by atoms with E-state index in [-0.39, 0.29) is 11.7 Å². The van der Waals surface area contributed by atoms with E-state index in [9.17, 15) is 4.79 Å². The van der Waals surface area contributed by atoms with Gasteiger partial charge < -0.3 is 9.52 Å². The number of rotatable bonds is 6. The van der Waals surface area contributed by atoms with Crippen molar-refractivity contribution in [2.45, 2.75) is 24.3 Å². The van der Waals surface area contributed by atoms with Crippen LogP contribution in [0.5, 0.6) is 0 Å². The Kier molecular flexibility index (Phi) is 5.19. The predicted molar refractivity (Wildman–Crippen MR) is 80.4 cm³/mol. The minimum absolute atomic E-state index is 0.00584. The normalized spacial score (nSPS) is 12.3. The van der Waals surface area contributed by atoms with Crippen molar-refractivity contribution in [1.82, 2.24) is 10.2 Å². The highest BCUT2D eigenvalue weighted by Gasteiger charge is 2.13. The van der Waals surface area contributed by atoms with E-state index in [0.29, 0.717) is 17.5 Å². The number of halogens is 1. The molecule has 1 atom stereocenters. The molecule has 2 rings (SSSR count). The summed E-state index contributed by atoms with van der Waals surface area (Å²) in [7, 11) is 0. The summed E-state index contributed by atoms with van der Waals surface area (Å²) in [6, 6.07) is 7.60. The number of benzene rings is 1. The third-order valence-corrected chi connectivity index (χ3v) is 4.37. The van der Waals surface area contributed by atoms with E-state index in [1.54, 1.807) is 0 Å². The number of aliphatic carboxylic acids is 1. The van der Waals surface area contributed by atoms with Crippen LogP contribution in [0.2, 0.25) is 0 Å². The maximum absolute atomic E-state index is 10.6. The molecule has 1 N–H and O–H groups in total. The Morgan fingerprint density at radius 3 is 2.90 bits per heavy atom. The molecule has 2 aromatic rings. The van der Waals surface area contributed by atoms with Gasteiger partial charge in [0.2, 0.25) is 11.8 Å². The maximum atomic E-state index is 10.6. The van der Waals surface area contributed by atoms with Crippen molar-refractivity contribution >= 4 is 33.7 Å². The average Bonchev–Trinajstić information content (AvgIpc) is 2.85. The number of aromatic nitrogens is 2. The largest absolute Gasteiger partial charge is 0.481 e. The second kappa shape index (κ2) is 6.90. The van der Waals surface area contributed by atoms with E-state index in [2.05, 4.69) is 26.1 Å². The van der Waals surface area contributed by atoms with Gasteiger partial charge in [-0.3, -0.25) is 4.79 Å². The van der Waals surface area contributed by atoms with Gasteiger partial charge in [-0.05, 0) is 28.1 Å². The van der Waals surface area contributed by atoms with Crippen molar-refractivity contribution in [2.24, 2.45) is 0 Å². The molecule has 1 heterocycles. The quantitative estimate of drug-likeness (QED) is 0.851. The molecule has 20 heavy (non-hydrogen) atoms. The van der Waals surface area contributed by atoms with Gasteiger partial charge in [0.1, 0.15) is 0 Å². The van der Waals surface area contributed by atoms with Crippen LogP contribution in [0, 0.1) is 0 Å². The second-order valence-electron chi connectivity index (χ2n) is 4.20. The van der Waals surface area contributed by atoms with Crippen LogP contribution in [-0.4, -0.2) is 26.5 Å². The molecule has 0 aliphatic carbocycles. The van der Waals surface area contributed by atoms with E-state index in [1.165, 1.54) is 11.8 Å². The van der Waals surface area contributed by atoms with Gasteiger partial charge in [-0.2, -0.15) is 0 Å². The summed E-state index contributed by atoms with van der Waals surface area (Å²) in [6.07, 6.45) is 0.121. The number of hydrogen-bond acceptors (Lipinski definition) is 5. The number of carboxylic acids is 1.